The molecule has 0 saturated carbocycles. The smallest absolute Gasteiger partial charge is 0.277 e. The first kappa shape index (κ1) is 25.4. The minimum absolute atomic E-state index is 0.107. The molecule has 1 unspecified atom stereocenters. The fraction of sp³-hybridized carbons (Fsp3) is 0.519. The van der Waals surface area contributed by atoms with Crippen molar-refractivity contribution in [3.05, 3.63) is 47.9 Å². The summed E-state index contributed by atoms with van der Waals surface area (Å²) in [5.74, 6) is 1.80. The van der Waals surface area contributed by atoms with Gasteiger partial charge in [-0.3, -0.25) is 9.63 Å². The van der Waals surface area contributed by atoms with Crippen molar-refractivity contribution in [3.8, 4) is 5.75 Å². The number of aryl methyl sites for hydroxylation is 1. The number of hydrogen-bond donors (Lipinski definition) is 2. The van der Waals surface area contributed by atoms with Crippen LogP contribution in [0.5, 0.6) is 5.75 Å². The van der Waals surface area contributed by atoms with E-state index < -0.39 is 0 Å². The van der Waals surface area contributed by atoms with Gasteiger partial charge in [0.15, 0.2) is 0 Å². The van der Waals surface area contributed by atoms with E-state index >= 15 is 0 Å². The lowest BCUT2D eigenvalue weighted by Crippen LogP contribution is -2.38. The van der Waals surface area contributed by atoms with Crippen LogP contribution in [0.15, 0.2) is 36.8 Å². The number of carbonyl (C=O) groups excluding carboxylic acids is 1. The van der Waals surface area contributed by atoms with Crippen molar-refractivity contribution in [2.75, 3.05) is 44.9 Å². The van der Waals surface area contributed by atoms with Gasteiger partial charge in [0, 0.05) is 62.8 Å². The topological polar surface area (TPSA) is 103 Å². The molecule has 198 valence electrons. The van der Waals surface area contributed by atoms with Gasteiger partial charge in [-0.25, -0.2) is 15.4 Å². The van der Waals surface area contributed by atoms with Crippen molar-refractivity contribution < 1.29 is 19.1 Å². The normalized spacial score (nSPS) is 18.8. The van der Waals surface area contributed by atoms with E-state index in [1.54, 1.807) is 19.5 Å². The summed E-state index contributed by atoms with van der Waals surface area (Å²) in [6.07, 6.45) is 9.15. The average Bonchev–Trinajstić information content (AvgIpc) is 3.27. The van der Waals surface area contributed by atoms with Crippen LogP contribution in [-0.2, 0) is 23.2 Å². The van der Waals surface area contributed by atoms with E-state index in [9.17, 15) is 4.79 Å². The summed E-state index contributed by atoms with van der Waals surface area (Å²) in [6, 6.07) is 6.22. The molecule has 0 bridgehead atoms. The van der Waals surface area contributed by atoms with Gasteiger partial charge in [-0.1, -0.05) is 0 Å². The molecule has 2 aliphatic heterocycles. The lowest BCUT2D eigenvalue weighted by molar-refractivity contribution is -0.0823. The number of hydroxylamine groups is 1. The zero-order chi connectivity index (χ0) is 25.6. The van der Waals surface area contributed by atoms with Gasteiger partial charge in [0.25, 0.3) is 5.91 Å². The van der Waals surface area contributed by atoms with Crippen molar-refractivity contribution in [2.45, 2.75) is 38.3 Å². The van der Waals surface area contributed by atoms with Crippen LogP contribution < -0.4 is 20.4 Å². The highest BCUT2D eigenvalue weighted by molar-refractivity contribution is 5.92. The molecule has 37 heavy (non-hydrogen) atoms. The molecule has 2 saturated heterocycles. The van der Waals surface area contributed by atoms with Crippen LogP contribution in [-0.4, -0.2) is 66.5 Å². The summed E-state index contributed by atoms with van der Waals surface area (Å²) >= 11 is 0. The second-order valence-corrected chi connectivity index (χ2v) is 9.87. The summed E-state index contributed by atoms with van der Waals surface area (Å²) in [5, 5.41) is 4.89. The molecule has 0 radical (unpaired) electrons. The summed E-state index contributed by atoms with van der Waals surface area (Å²) in [6.45, 7) is 4.84. The fourth-order valence-electron chi connectivity index (χ4n) is 5.07. The Morgan fingerprint density at radius 2 is 2.00 bits per heavy atom. The van der Waals surface area contributed by atoms with Gasteiger partial charge in [-0.05, 0) is 61.9 Å². The Morgan fingerprint density at radius 1 is 1.19 bits per heavy atom. The number of amides is 1. The van der Waals surface area contributed by atoms with E-state index in [-0.39, 0.29) is 12.0 Å². The Labute approximate surface area is 217 Å². The molecule has 1 amide bonds. The summed E-state index contributed by atoms with van der Waals surface area (Å²) in [5.41, 5.74) is 5.37. The van der Waals surface area contributed by atoms with Crippen LogP contribution in [0.25, 0.3) is 10.9 Å². The first-order valence-electron chi connectivity index (χ1n) is 13.0. The number of anilines is 1. The second kappa shape index (κ2) is 11.9. The number of methoxy groups -OCH3 is 1. The molecule has 0 aliphatic carbocycles. The number of benzene rings is 1. The number of ether oxygens (including phenoxy) is 2. The first-order valence-corrected chi connectivity index (χ1v) is 13.0. The molecular formula is C27H36N6O4. The molecule has 2 aliphatic rings. The van der Waals surface area contributed by atoms with E-state index in [2.05, 4.69) is 55.6 Å². The summed E-state index contributed by atoms with van der Waals surface area (Å²) < 4.78 is 12.9. The Morgan fingerprint density at radius 3 is 2.73 bits per heavy atom. The van der Waals surface area contributed by atoms with E-state index in [1.165, 1.54) is 16.5 Å². The monoisotopic (exact) mass is 508 g/mol. The number of carbonyl (C=O) groups is 1. The third-order valence-electron chi connectivity index (χ3n) is 7.26. The molecular weight excluding hydrogens is 472 g/mol. The number of hydrogen-bond acceptors (Lipinski definition) is 8. The van der Waals surface area contributed by atoms with E-state index in [4.69, 9.17) is 14.3 Å². The largest absolute Gasteiger partial charge is 0.497 e. The van der Waals surface area contributed by atoms with E-state index in [1.807, 2.05) is 6.07 Å². The number of rotatable bonds is 9. The van der Waals surface area contributed by atoms with Crippen LogP contribution in [0.4, 0.5) is 5.95 Å². The maximum absolute atomic E-state index is 12.3. The molecule has 10 nitrogen and oxygen atoms in total. The Balaban J connectivity index is 1.06. The molecule has 10 heteroatoms. The van der Waals surface area contributed by atoms with Gasteiger partial charge in [0.2, 0.25) is 5.95 Å². The molecule has 0 spiro atoms. The zero-order valence-corrected chi connectivity index (χ0v) is 21.6. The predicted molar refractivity (Wildman–Crippen MR) is 141 cm³/mol. The quantitative estimate of drug-likeness (QED) is 0.426. The van der Waals surface area contributed by atoms with E-state index in [0.717, 1.165) is 64.2 Å². The summed E-state index contributed by atoms with van der Waals surface area (Å²) in [4.78, 5) is 28.8. The van der Waals surface area contributed by atoms with Gasteiger partial charge in [-0.2, -0.15) is 0 Å². The fourth-order valence-corrected chi connectivity index (χ4v) is 5.07. The SMILES string of the molecule is COc1ccc2c(c1)c(CNCC1CCN(c3ncc(C(=O)NOC4CCCOC4)cn3)CC1)cn2C. The first-order chi connectivity index (χ1) is 18.1. The molecule has 1 aromatic carbocycles. The Kier molecular flexibility index (Phi) is 8.18. The number of aromatic nitrogens is 3. The summed E-state index contributed by atoms with van der Waals surface area (Å²) in [7, 11) is 3.78. The number of nitrogens with zero attached hydrogens (tertiary/aromatic N) is 4. The van der Waals surface area contributed by atoms with Crippen LogP contribution in [0.1, 0.15) is 41.6 Å². The number of piperidine rings is 1. The molecule has 2 fully saturated rings. The van der Waals surface area contributed by atoms with Crippen LogP contribution in [0.3, 0.4) is 0 Å². The van der Waals surface area contributed by atoms with Gasteiger partial charge < -0.3 is 24.3 Å². The lowest BCUT2D eigenvalue weighted by Gasteiger charge is -2.32. The average molecular weight is 509 g/mol. The van der Waals surface area contributed by atoms with Gasteiger partial charge in [0.05, 0.1) is 19.3 Å². The highest BCUT2D eigenvalue weighted by Crippen LogP contribution is 2.26. The van der Waals surface area contributed by atoms with Gasteiger partial charge in [0.1, 0.15) is 11.9 Å². The number of nitrogens with one attached hydrogen (secondary N) is 2. The zero-order valence-electron chi connectivity index (χ0n) is 21.6. The van der Waals surface area contributed by atoms with Crippen molar-refractivity contribution in [3.63, 3.8) is 0 Å². The van der Waals surface area contributed by atoms with E-state index in [0.29, 0.717) is 24.0 Å². The van der Waals surface area contributed by atoms with Crippen LogP contribution in [0.2, 0.25) is 0 Å². The maximum Gasteiger partial charge on any atom is 0.277 e. The lowest BCUT2D eigenvalue weighted by atomic mass is 9.97. The van der Waals surface area contributed by atoms with Crippen molar-refractivity contribution in [1.82, 2.24) is 25.3 Å². The van der Waals surface area contributed by atoms with Crippen LogP contribution >= 0.6 is 0 Å². The minimum atomic E-state index is -0.341. The molecule has 4 heterocycles. The second-order valence-electron chi connectivity index (χ2n) is 9.87. The Bertz CT molecular complexity index is 1180. The molecule has 1 atom stereocenters. The van der Waals surface area contributed by atoms with Crippen molar-refractivity contribution in [1.29, 1.82) is 0 Å². The Hall–Kier alpha value is -3.21. The standard InChI is InChI=1S/C27H36N6O4/c1-32-17-21(24-12-22(35-2)5-6-25(24)32)14-28-13-19-7-9-33(10-8-19)27-29-15-20(16-30-27)26(34)31-37-23-4-3-11-36-18-23/h5-6,12,15-17,19,23,28H,3-4,7-11,13-14,18H2,1-2H3,(H,31,34). The third-order valence-corrected chi connectivity index (χ3v) is 7.26. The number of fused-ring (bicyclic) bond motifs is 1. The van der Waals surface area contributed by atoms with Gasteiger partial charge in [-0.15, -0.1) is 0 Å². The highest BCUT2D eigenvalue weighted by Gasteiger charge is 2.22. The van der Waals surface area contributed by atoms with Crippen molar-refractivity contribution in [2.24, 2.45) is 13.0 Å². The third kappa shape index (κ3) is 6.20. The molecule has 5 rings (SSSR count). The predicted octanol–water partition coefficient (Wildman–Crippen LogP) is 2.82. The highest BCUT2D eigenvalue weighted by atomic mass is 16.7. The van der Waals surface area contributed by atoms with Crippen molar-refractivity contribution >= 4 is 22.8 Å². The molecule has 3 aromatic rings. The van der Waals surface area contributed by atoms with Crippen LogP contribution in [0, 0.1) is 5.92 Å². The maximum atomic E-state index is 12.3. The minimum Gasteiger partial charge on any atom is -0.497 e. The molecule has 2 N–H and O–H groups in total. The van der Waals surface area contributed by atoms with Gasteiger partial charge >= 0.3 is 0 Å². The molecule has 2 aromatic heterocycles.